The molecule has 7 heteroatoms. The summed E-state index contributed by atoms with van der Waals surface area (Å²) in [7, 11) is 1.54. The van der Waals surface area contributed by atoms with E-state index in [4.69, 9.17) is 16.3 Å². The lowest BCUT2D eigenvalue weighted by Gasteiger charge is -2.11. The highest BCUT2D eigenvalue weighted by Crippen LogP contribution is 2.27. The molecule has 0 aliphatic carbocycles. The molecule has 0 heterocycles. The predicted molar refractivity (Wildman–Crippen MR) is 116 cm³/mol. The van der Waals surface area contributed by atoms with Gasteiger partial charge in [0.15, 0.2) is 0 Å². The molecule has 3 aromatic carbocycles. The van der Waals surface area contributed by atoms with Crippen molar-refractivity contribution in [1.82, 2.24) is 0 Å². The minimum Gasteiger partial charge on any atom is -0.495 e. The highest BCUT2D eigenvalue weighted by atomic mass is 35.5. The molecule has 6 nitrogen and oxygen atoms in total. The molecular weight excluding hydrogens is 390 g/mol. The Kier molecular flexibility index (Phi) is 6.71. The van der Waals surface area contributed by atoms with E-state index in [9.17, 15) is 9.59 Å². The van der Waals surface area contributed by atoms with Gasteiger partial charge in [-0.1, -0.05) is 35.9 Å². The Morgan fingerprint density at radius 2 is 1.59 bits per heavy atom. The number of anilines is 3. The second kappa shape index (κ2) is 9.61. The first-order valence-electron chi connectivity index (χ1n) is 8.89. The second-order valence-electron chi connectivity index (χ2n) is 6.15. The summed E-state index contributed by atoms with van der Waals surface area (Å²) in [5, 5.41) is 9.07. The lowest BCUT2D eigenvalue weighted by atomic mass is 10.2. The molecule has 0 atom stereocenters. The van der Waals surface area contributed by atoms with Crippen LogP contribution in [0.25, 0.3) is 0 Å². The Balaban J connectivity index is 1.56. The summed E-state index contributed by atoms with van der Waals surface area (Å²) in [6, 6.07) is 21.1. The Labute approximate surface area is 173 Å². The number of nitrogens with one attached hydrogen (secondary N) is 3. The van der Waals surface area contributed by atoms with Crippen LogP contribution in [0, 0.1) is 0 Å². The molecule has 3 aromatic rings. The van der Waals surface area contributed by atoms with Crippen molar-refractivity contribution in [2.24, 2.45) is 0 Å². The Hall–Kier alpha value is -3.51. The predicted octanol–water partition coefficient (Wildman–Crippen LogP) is 4.65. The third-order valence-corrected chi connectivity index (χ3v) is 4.34. The van der Waals surface area contributed by atoms with E-state index in [1.807, 2.05) is 6.07 Å². The van der Waals surface area contributed by atoms with Gasteiger partial charge in [-0.2, -0.15) is 0 Å². The smallest absolute Gasteiger partial charge is 0.255 e. The number of hydrogen-bond donors (Lipinski definition) is 3. The maximum absolute atomic E-state index is 12.3. The van der Waals surface area contributed by atoms with Gasteiger partial charge in [-0.05, 0) is 48.5 Å². The zero-order valence-electron chi connectivity index (χ0n) is 15.7. The van der Waals surface area contributed by atoms with Gasteiger partial charge in [-0.15, -0.1) is 0 Å². The van der Waals surface area contributed by atoms with Crippen molar-refractivity contribution < 1.29 is 14.3 Å². The summed E-state index contributed by atoms with van der Waals surface area (Å²) in [6.45, 7) is 0.0588. The number of benzene rings is 3. The molecule has 0 saturated heterocycles. The first-order chi connectivity index (χ1) is 14.0. The quantitative estimate of drug-likeness (QED) is 0.530. The molecule has 0 unspecified atom stereocenters. The number of carbonyl (C=O) groups is 2. The summed E-state index contributed by atoms with van der Waals surface area (Å²) in [5.74, 6) is 0.117. The van der Waals surface area contributed by atoms with E-state index in [1.54, 1.807) is 66.7 Å². The third-order valence-electron chi connectivity index (χ3n) is 4.05. The Morgan fingerprint density at radius 3 is 2.28 bits per heavy atom. The molecule has 2 amide bonds. The van der Waals surface area contributed by atoms with Crippen LogP contribution in [0.3, 0.4) is 0 Å². The van der Waals surface area contributed by atoms with Crippen molar-refractivity contribution in [2.75, 3.05) is 29.6 Å². The second-order valence-corrected chi connectivity index (χ2v) is 6.56. The summed E-state index contributed by atoms with van der Waals surface area (Å²) >= 11 is 6.08. The number of rotatable bonds is 7. The van der Waals surface area contributed by atoms with Gasteiger partial charge >= 0.3 is 0 Å². The van der Waals surface area contributed by atoms with Crippen LogP contribution in [-0.4, -0.2) is 25.5 Å². The van der Waals surface area contributed by atoms with Crippen molar-refractivity contribution >= 4 is 40.5 Å². The molecule has 148 valence electrons. The molecule has 3 N–H and O–H groups in total. The third kappa shape index (κ3) is 5.73. The lowest BCUT2D eigenvalue weighted by Crippen LogP contribution is -2.21. The topological polar surface area (TPSA) is 79.5 Å². The van der Waals surface area contributed by atoms with Gasteiger partial charge in [0.05, 0.1) is 18.7 Å². The van der Waals surface area contributed by atoms with Crippen LogP contribution in [0.15, 0.2) is 72.8 Å². The molecule has 0 aliphatic rings. The van der Waals surface area contributed by atoms with Crippen LogP contribution in [0.2, 0.25) is 5.02 Å². The van der Waals surface area contributed by atoms with Crippen molar-refractivity contribution in [3.63, 3.8) is 0 Å². The van der Waals surface area contributed by atoms with Gasteiger partial charge in [0, 0.05) is 22.6 Å². The highest BCUT2D eigenvalue weighted by molar-refractivity contribution is 6.32. The molecular formula is C22H20ClN3O3. The zero-order valence-corrected chi connectivity index (χ0v) is 16.5. The Morgan fingerprint density at radius 1 is 0.862 bits per heavy atom. The summed E-state index contributed by atoms with van der Waals surface area (Å²) in [6.07, 6.45) is 0. The van der Waals surface area contributed by atoms with E-state index in [0.29, 0.717) is 33.4 Å². The SMILES string of the molecule is COc1ccc(NCC(=O)Nc2cccc(NC(=O)c3ccccc3)c2)cc1Cl. The lowest BCUT2D eigenvalue weighted by molar-refractivity contribution is -0.114. The van der Waals surface area contributed by atoms with Crippen LogP contribution in [0.1, 0.15) is 10.4 Å². The summed E-state index contributed by atoms with van der Waals surface area (Å²) in [4.78, 5) is 24.5. The fourth-order valence-corrected chi connectivity index (χ4v) is 2.89. The van der Waals surface area contributed by atoms with Gasteiger partial charge in [-0.3, -0.25) is 9.59 Å². The molecule has 0 spiro atoms. The first-order valence-corrected chi connectivity index (χ1v) is 9.26. The summed E-state index contributed by atoms with van der Waals surface area (Å²) < 4.78 is 5.10. The number of hydrogen-bond acceptors (Lipinski definition) is 4. The minimum atomic E-state index is -0.233. The van der Waals surface area contributed by atoms with Gasteiger partial charge in [-0.25, -0.2) is 0 Å². The molecule has 3 rings (SSSR count). The van der Waals surface area contributed by atoms with Crippen molar-refractivity contribution in [2.45, 2.75) is 0 Å². The van der Waals surface area contributed by atoms with Crippen LogP contribution in [0.5, 0.6) is 5.75 Å². The molecule has 0 aromatic heterocycles. The van der Waals surface area contributed by atoms with Crippen LogP contribution in [-0.2, 0) is 4.79 Å². The monoisotopic (exact) mass is 409 g/mol. The van der Waals surface area contributed by atoms with E-state index < -0.39 is 0 Å². The van der Waals surface area contributed by atoms with Crippen molar-refractivity contribution in [3.8, 4) is 5.75 Å². The van der Waals surface area contributed by atoms with Gasteiger partial charge in [0.25, 0.3) is 5.91 Å². The molecule has 0 saturated carbocycles. The molecule has 0 radical (unpaired) electrons. The number of ether oxygens (including phenoxy) is 1. The van der Waals surface area contributed by atoms with E-state index in [0.717, 1.165) is 0 Å². The number of methoxy groups -OCH3 is 1. The molecule has 29 heavy (non-hydrogen) atoms. The largest absolute Gasteiger partial charge is 0.495 e. The van der Waals surface area contributed by atoms with E-state index >= 15 is 0 Å². The van der Waals surface area contributed by atoms with Crippen molar-refractivity contribution in [3.05, 3.63) is 83.4 Å². The number of carbonyl (C=O) groups excluding carboxylic acids is 2. The highest BCUT2D eigenvalue weighted by Gasteiger charge is 2.08. The molecule has 0 aliphatic heterocycles. The Bertz CT molecular complexity index is 1010. The maximum Gasteiger partial charge on any atom is 0.255 e. The van der Waals surface area contributed by atoms with E-state index in [1.165, 1.54) is 7.11 Å². The fraction of sp³-hybridized carbons (Fsp3) is 0.0909. The van der Waals surface area contributed by atoms with Crippen LogP contribution in [0.4, 0.5) is 17.1 Å². The summed E-state index contributed by atoms with van der Waals surface area (Å²) in [5.41, 5.74) is 2.43. The number of halogens is 1. The standard InChI is InChI=1S/C22H20ClN3O3/c1-29-20-11-10-16(13-19(20)23)24-14-21(27)25-17-8-5-9-18(12-17)26-22(28)15-6-3-2-4-7-15/h2-13,24H,14H2,1H3,(H,25,27)(H,26,28). The van der Waals surface area contributed by atoms with Gasteiger partial charge in [0.1, 0.15) is 5.75 Å². The van der Waals surface area contributed by atoms with Crippen LogP contribution < -0.4 is 20.7 Å². The average Bonchev–Trinajstić information content (AvgIpc) is 2.73. The van der Waals surface area contributed by atoms with E-state index in [2.05, 4.69) is 16.0 Å². The van der Waals surface area contributed by atoms with Gasteiger partial charge in [0.2, 0.25) is 5.91 Å². The van der Waals surface area contributed by atoms with Gasteiger partial charge < -0.3 is 20.7 Å². The maximum atomic E-state index is 12.3. The number of amides is 2. The fourth-order valence-electron chi connectivity index (χ4n) is 2.63. The molecule has 0 bridgehead atoms. The molecule has 0 fully saturated rings. The van der Waals surface area contributed by atoms with Crippen molar-refractivity contribution in [1.29, 1.82) is 0 Å². The normalized spacial score (nSPS) is 10.1. The minimum absolute atomic E-state index is 0.0588. The van der Waals surface area contributed by atoms with E-state index in [-0.39, 0.29) is 18.4 Å². The van der Waals surface area contributed by atoms with Crippen LogP contribution >= 0.6 is 11.6 Å². The average molecular weight is 410 g/mol. The zero-order chi connectivity index (χ0) is 20.6. The first kappa shape index (κ1) is 20.2.